The van der Waals surface area contributed by atoms with Crippen LogP contribution in [0.5, 0.6) is 5.88 Å². The fourth-order valence-corrected chi connectivity index (χ4v) is 1.31. The standard InChI is InChI=1S/C11H16N2O3/c1-5-16-10(14)11(2,3)8-9(15-4)13-7-6-12-8/h6-7H,5H2,1-4H3. The summed E-state index contributed by atoms with van der Waals surface area (Å²) in [5, 5.41) is 0. The third-order valence-corrected chi connectivity index (χ3v) is 2.24. The van der Waals surface area contributed by atoms with E-state index in [1.165, 1.54) is 19.5 Å². The summed E-state index contributed by atoms with van der Waals surface area (Å²) < 4.78 is 10.1. The lowest BCUT2D eigenvalue weighted by atomic mass is 9.89. The number of aromatic nitrogens is 2. The molecule has 88 valence electrons. The molecular weight excluding hydrogens is 208 g/mol. The van der Waals surface area contributed by atoms with Crippen molar-refractivity contribution in [1.29, 1.82) is 0 Å². The molecule has 0 bridgehead atoms. The molecule has 1 aromatic rings. The predicted molar refractivity (Wildman–Crippen MR) is 58.2 cm³/mol. The van der Waals surface area contributed by atoms with Crippen molar-refractivity contribution in [2.24, 2.45) is 0 Å². The quantitative estimate of drug-likeness (QED) is 0.722. The number of hydrogen-bond acceptors (Lipinski definition) is 5. The van der Waals surface area contributed by atoms with E-state index in [1.54, 1.807) is 20.8 Å². The van der Waals surface area contributed by atoms with Crippen LogP contribution in [0.4, 0.5) is 0 Å². The van der Waals surface area contributed by atoms with Crippen LogP contribution in [0.15, 0.2) is 12.4 Å². The number of methoxy groups -OCH3 is 1. The summed E-state index contributed by atoms with van der Waals surface area (Å²) in [5.41, 5.74) is -0.383. The Kier molecular flexibility index (Phi) is 3.82. The van der Waals surface area contributed by atoms with Crippen molar-refractivity contribution in [2.75, 3.05) is 13.7 Å². The first kappa shape index (κ1) is 12.4. The van der Waals surface area contributed by atoms with Crippen LogP contribution in [0.25, 0.3) is 0 Å². The molecule has 5 nitrogen and oxygen atoms in total. The van der Waals surface area contributed by atoms with Gasteiger partial charge >= 0.3 is 5.97 Å². The number of ether oxygens (including phenoxy) is 2. The summed E-state index contributed by atoms with van der Waals surface area (Å²) >= 11 is 0. The van der Waals surface area contributed by atoms with Crippen molar-refractivity contribution in [2.45, 2.75) is 26.2 Å². The molecule has 5 heteroatoms. The van der Waals surface area contributed by atoms with Crippen molar-refractivity contribution in [1.82, 2.24) is 9.97 Å². The Morgan fingerprint density at radius 2 is 2.00 bits per heavy atom. The van der Waals surface area contributed by atoms with Crippen LogP contribution >= 0.6 is 0 Å². The molecule has 0 N–H and O–H groups in total. The van der Waals surface area contributed by atoms with Crippen molar-refractivity contribution in [3.05, 3.63) is 18.1 Å². The number of hydrogen-bond donors (Lipinski definition) is 0. The zero-order valence-electron chi connectivity index (χ0n) is 9.98. The minimum Gasteiger partial charge on any atom is -0.480 e. The van der Waals surface area contributed by atoms with Crippen LogP contribution in [0.2, 0.25) is 0 Å². The Hall–Kier alpha value is -1.65. The van der Waals surface area contributed by atoms with Crippen LogP contribution in [0, 0.1) is 0 Å². The average Bonchev–Trinajstić information content (AvgIpc) is 2.29. The third kappa shape index (κ3) is 2.29. The molecule has 0 aliphatic heterocycles. The molecule has 0 radical (unpaired) electrons. The van der Waals surface area contributed by atoms with E-state index in [2.05, 4.69) is 9.97 Å². The molecule has 1 rings (SSSR count). The molecule has 0 saturated heterocycles. The minimum atomic E-state index is -0.865. The van der Waals surface area contributed by atoms with Gasteiger partial charge in [0.15, 0.2) is 0 Å². The SMILES string of the molecule is CCOC(=O)C(C)(C)c1nccnc1OC. The van der Waals surface area contributed by atoms with Gasteiger partial charge in [0.05, 0.1) is 13.7 Å². The summed E-state index contributed by atoms with van der Waals surface area (Å²) in [6.45, 7) is 5.57. The summed E-state index contributed by atoms with van der Waals surface area (Å²) in [5.74, 6) is 0.00866. The highest BCUT2D eigenvalue weighted by Crippen LogP contribution is 2.28. The first-order chi connectivity index (χ1) is 7.54. The van der Waals surface area contributed by atoms with Crippen molar-refractivity contribution in [3.8, 4) is 5.88 Å². The first-order valence-electron chi connectivity index (χ1n) is 5.06. The van der Waals surface area contributed by atoms with E-state index in [0.717, 1.165) is 0 Å². The Morgan fingerprint density at radius 1 is 1.38 bits per heavy atom. The van der Waals surface area contributed by atoms with E-state index in [-0.39, 0.29) is 5.97 Å². The van der Waals surface area contributed by atoms with Gasteiger partial charge in [0.1, 0.15) is 11.1 Å². The van der Waals surface area contributed by atoms with Crippen LogP contribution in [0.3, 0.4) is 0 Å². The number of esters is 1. The maximum atomic E-state index is 11.8. The van der Waals surface area contributed by atoms with Crippen LogP contribution in [0.1, 0.15) is 26.5 Å². The van der Waals surface area contributed by atoms with E-state index in [0.29, 0.717) is 18.2 Å². The monoisotopic (exact) mass is 224 g/mol. The topological polar surface area (TPSA) is 61.3 Å². The molecule has 1 aromatic heterocycles. The van der Waals surface area contributed by atoms with E-state index in [1.807, 2.05) is 0 Å². The van der Waals surface area contributed by atoms with E-state index in [9.17, 15) is 4.79 Å². The molecular formula is C11H16N2O3. The van der Waals surface area contributed by atoms with Gasteiger partial charge in [-0.05, 0) is 20.8 Å². The zero-order valence-corrected chi connectivity index (χ0v) is 9.98. The van der Waals surface area contributed by atoms with Gasteiger partial charge in [0, 0.05) is 12.4 Å². The van der Waals surface area contributed by atoms with Gasteiger partial charge in [-0.3, -0.25) is 9.78 Å². The smallest absolute Gasteiger partial charge is 0.317 e. The second-order valence-electron chi connectivity index (χ2n) is 3.76. The molecule has 0 aromatic carbocycles. The summed E-state index contributed by atoms with van der Waals surface area (Å²) in [4.78, 5) is 19.9. The number of nitrogens with zero attached hydrogens (tertiary/aromatic N) is 2. The Balaban J connectivity index is 3.10. The minimum absolute atomic E-state index is 0.338. The van der Waals surface area contributed by atoms with Gasteiger partial charge in [-0.15, -0.1) is 0 Å². The van der Waals surface area contributed by atoms with E-state index >= 15 is 0 Å². The lowest BCUT2D eigenvalue weighted by Crippen LogP contribution is -2.32. The molecule has 0 amide bonds. The van der Waals surface area contributed by atoms with Crippen LogP contribution < -0.4 is 4.74 Å². The average molecular weight is 224 g/mol. The maximum Gasteiger partial charge on any atom is 0.317 e. The van der Waals surface area contributed by atoms with Crippen LogP contribution in [-0.4, -0.2) is 29.7 Å². The lowest BCUT2D eigenvalue weighted by molar-refractivity contribution is -0.149. The van der Waals surface area contributed by atoms with Gasteiger partial charge in [0.2, 0.25) is 5.88 Å². The van der Waals surface area contributed by atoms with Crippen molar-refractivity contribution >= 4 is 5.97 Å². The maximum absolute atomic E-state index is 11.8. The number of carbonyl (C=O) groups excluding carboxylic acids is 1. The molecule has 0 fully saturated rings. The summed E-state index contributed by atoms with van der Waals surface area (Å²) in [6.07, 6.45) is 3.04. The highest BCUT2D eigenvalue weighted by Gasteiger charge is 2.36. The Bertz CT molecular complexity index is 377. The van der Waals surface area contributed by atoms with E-state index < -0.39 is 5.41 Å². The fourth-order valence-electron chi connectivity index (χ4n) is 1.31. The van der Waals surface area contributed by atoms with Crippen molar-refractivity contribution < 1.29 is 14.3 Å². The number of carbonyl (C=O) groups is 1. The van der Waals surface area contributed by atoms with Crippen molar-refractivity contribution in [3.63, 3.8) is 0 Å². The molecule has 0 spiro atoms. The molecule has 1 heterocycles. The number of rotatable bonds is 4. The molecule has 0 atom stereocenters. The van der Waals surface area contributed by atoms with Crippen LogP contribution in [-0.2, 0) is 14.9 Å². The third-order valence-electron chi connectivity index (χ3n) is 2.24. The Morgan fingerprint density at radius 3 is 2.56 bits per heavy atom. The second kappa shape index (κ2) is 4.92. The van der Waals surface area contributed by atoms with Gasteiger partial charge in [0.25, 0.3) is 0 Å². The first-order valence-corrected chi connectivity index (χ1v) is 5.06. The molecule has 0 saturated carbocycles. The summed E-state index contributed by atoms with van der Waals surface area (Å²) in [6, 6.07) is 0. The van der Waals surface area contributed by atoms with E-state index in [4.69, 9.17) is 9.47 Å². The molecule has 0 aliphatic carbocycles. The van der Waals surface area contributed by atoms with Gasteiger partial charge in [-0.1, -0.05) is 0 Å². The second-order valence-corrected chi connectivity index (χ2v) is 3.76. The Labute approximate surface area is 94.8 Å². The van der Waals surface area contributed by atoms with Gasteiger partial charge in [-0.25, -0.2) is 4.98 Å². The largest absolute Gasteiger partial charge is 0.480 e. The zero-order chi connectivity index (χ0) is 12.2. The fraction of sp³-hybridized carbons (Fsp3) is 0.545. The normalized spacial score (nSPS) is 11.0. The highest BCUT2D eigenvalue weighted by molar-refractivity contribution is 5.82. The summed E-state index contributed by atoms with van der Waals surface area (Å²) in [7, 11) is 1.49. The van der Waals surface area contributed by atoms with Gasteiger partial charge < -0.3 is 9.47 Å². The predicted octanol–water partition coefficient (Wildman–Crippen LogP) is 1.33. The molecule has 0 unspecified atom stereocenters. The van der Waals surface area contributed by atoms with Gasteiger partial charge in [-0.2, -0.15) is 0 Å². The molecule has 16 heavy (non-hydrogen) atoms. The highest BCUT2D eigenvalue weighted by atomic mass is 16.5. The molecule has 0 aliphatic rings. The lowest BCUT2D eigenvalue weighted by Gasteiger charge is -2.22.